The summed E-state index contributed by atoms with van der Waals surface area (Å²) in [7, 11) is 4.40. The van der Waals surface area contributed by atoms with E-state index in [0.717, 1.165) is 0 Å². The van der Waals surface area contributed by atoms with E-state index in [1.807, 2.05) is 27.7 Å². The van der Waals surface area contributed by atoms with Gasteiger partial charge in [0.2, 0.25) is 0 Å². The van der Waals surface area contributed by atoms with Crippen LogP contribution in [0, 0.1) is 11.3 Å². The molecule has 1 aromatic carbocycles. The topological polar surface area (TPSA) is 68.6 Å². The zero-order valence-electron chi connectivity index (χ0n) is 13.9. The summed E-state index contributed by atoms with van der Waals surface area (Å²) in [5.74, 6) is -0.462. The van der Waals surface area contributed by atoms with E-state index in [4.69, 9.17) is 9.39 Å². The first kappa shape index (κ1) is 18.2. The van der Waals surface area contributed by atoms with E-state index in [-0.39, 0.29) is 0 Å². The Morgan fingerprint density at radius 3 is 2.32 bits per heavy atom. The summed E-state index contributed by atoms with van der Waals surface area (Å²) in [5, 5.41) is 9.17. The molecular formula is C16H21BNO4. The summed E-state index contributed by atoms with van der Waals surface area (Å²) in [6.07, 6.45) is 0. The molecule has 0 aliphatic carbocycles. The Bertz CT molecular complexity index is 590. The van der Waals surface area contributed by atoms with Crippen LogP contribution in [0.15, 0.2) is 18.2 Å². The fourth-order valence-corrected chi connectivity index (χ4v) is 1.61. The summed E-state index contributed by atoms with van der Waals surface area (Å²) in [6.45, 7) is 7.61. The Kier molecular flexibility index (Phi) is 5.75. The fraction of sp³-hybridized carbons (Fsp3) is 0.500. The molecule has 6 heteroatoms. The number of nitriles is 1. The smallest absolute Gasteiger partial charge is 0.337 e. The second kappa shape index (κ2) is 6.95. The highest BCUT2D eigenvalue weighted by Gasteiger charge is 2.38. The van der Waals surface area contributed by atoms with E-state index >= 15 is 0 Å². The van der Waals surface area contributed by atoms with Gasteiger partial charge in [0, 0.05) is 12.7 Å². The zero-order valence-corrected chi connectivity index (χ0v) is 13.9. The third-order valence-corrected chi connectivity index (χ3v) is 4.03. The molecule has 0 saturated heterocycles. The van der Waals surface area contributed by atoms with Crippen molar-refractivity contribution in [3.63, 3.8) is 0 Å². The molecule has 117 valence electrons. The van der Waals surface area contributed by atoms with Crippen molar-refractivity contribution in [2.75, 3.05) is 14.2 Å². The largest absolute Gasteiger partial charge is 0.465 e. The normalized spacial score (nSPS) is 11.7. The summed E-state index contributed by atoms with van der Waals surface area (Å²) >= 11 is 0. The van der Waals surface area contributed by atoms with Crippen molar-refractivity contribution in [3.05, 3.63) is 29.3 Å². The zero-order chi connectivity index (χ0) is 17.0. The van der Waals surface area contributed by atoms with Crippen molar-refractivity contribution in [2.45, 2.75) is 38.9 Å². The highest BCUT2D eigenvalue weighted by atomic mass is 16.5. The van der Waals surface area contributed by atoms with Gasteiger partial charge < -0.3 is 14.1 Å². The first-order valence-corrected chi connectivity index (χ1v) is 6.87. The number of nitrogens with zero attached hydrogens (tertiary/aromatic N) is 1. The van der Waals surface area contributed by atoms with Gasteiger partial charge in [-0.25, -0.2) is 4.79 Å². The molecule has 1 rings (SSSR count). The SMILES string of the molecule is COC(=O)c1ccc(C#N)c([B]OC(C)(C)C(C)(C)OC)c1. The monoisotopic (exact) mass is 302 g/mol. The maximum Gasteiger partial charge on any atom is 0.337 e. The van der Waals surface area contributed by atoms with Crippen LogP contribution in [0.3, 0.4) is 0 Å². The van der Waals surface area contributed by atoms with Crippen LogP contribution < -0.4 is 5.46 Å². The number of ether oxygens (including phenoxy) is 2. The lowest BCUT2D eigenvalue weighted by Crippen LogP contribution is -2.50. The number of methoxy groups -OCH3 is 2. The number of hydrogen-bond donors (Lipinski definition) is 0. The van der Waals surface area contributed by atoms with Crippen LogP contribution in [0.4, 0.5) is 0 Å². The molecule has 5 nitrogen and oxygen atoms in total. The Hall–Kier alpha value is -1.84. The molecule has 0 bridgehead atoms. The molecule has 0 saturated carbocycles. The van der Waals surface area contributed by atoms with E-state index in [9.17, 15) is 10.1 Å². The molecule has 0 unspecified atom stereocenters. The van der Waals surface area contributed by atoms with Crippen LogP contribution in [-0.2, 0) is 14.1 Å². The molecule has 0 fully saturated rings. The Balaban J connectivity index is 3.02. The number of rotatable bonds is 6. The Labute approximate surface area is 132 Å². The molecule has 1 aromatic rings. The minimum absolute atomic E-state index is 0.361. The van der Waals surface area contributed by atoms with Crippen molar-refractivity contribution in [1.82, 2.24) is 0 Å². The summed E-state index contributed by atoms with van der Waals surface area (Å²) < 4.78 is 16.0. The third kappa shape index (κ3) is 3.87. The van der Waals surface area contributed by atoms with Gasteiger partial charge in [0.15, 0.2) is 0 Å². The summed E-state index contributed by atoms with van der Waals surface area (Å²) in [6, 6.07) is 6.76. The second-order valence-corrected chi connectivity index (χ2v) is 5.87. The molecule has 0 amide bonds. The molecule has 0 aliphatic rings. The molecule has 0 heterocycles. The first-order chi connectivity index (χ1) is 10.2. The van der Waals surface area contributed by atoms with Gasteiger partial charge in [-0.2, -0.15) is 5.26 Å². The van der Waals surface area contributed by atoms with Gasteiger partial charge in [-0.15, -0.1) is 0 Å². The van der Waals surface area contributed by atoms with Crippen LogP contribution in [0.25, 0.3) is 0 Å². The van der Waals surface area contributed by atoms with Crippen LogP contribution in [0.2, 0.25) is 0 Å². The third-order valence-electron chi connectivity index (χ3n) is 4.03. The highest BCUT2D eigenvalue weighted by Crippen LogP contribution is 2.27. The standard InChI is InChI=1S/C16H21BNO4/c1-15(2,21-6)16(3,4)22-17-13-9-11(14(19)20-5)7-8-12(13)10-18/h7-9H,1-6H3. The average molecular weight is 302 g/mol. The molecule has 0 aromatic heterocycles. The predicted octanol–water partition coefficient (Wildman–Crippen LogP) is 1.81. The Morgan fingerprint density at radius 1 is 1.18 bits per heavy atom. The van der Waals surface area contributed by atoms with Crippen molar-refractivity contribution < 1.29 is 18.9 Å². The number of esters is 1. The number of benzene rings is 1. The fourth-order valence-electron chi connectivity index (χ4n) is 1.61. The van der Waals surface area contributed by atoms with Gasteiger partial charge in [-0.1, -0.05) is 0 Å². The van der Waals surface area contributed by atoms with Crippen LogP contribution in [-0.4, -0.2) is 38.9 Å². The molecule has 0 atom stereocenters. The number of carbonyl (C=O) groups excluding carboxylic acids is 1. The molecular weight excluding hydrogens is 281 g/mol. The molecule has 1 radical (unpaired) electrons. The maximum absolute atomic E-state index is 11.6. The summed E-state index contributed by atoms with van der Waals surface area (Å²) in [5.41, 5.74) is 0.135. The van der Waals surface area contributed by atoms with Crippen molar-refractivity contribution in [1.29, 1.82) is 5.26 Å². The highest BCUT2D eigenvalue weighted by molar-refractivity contribution is 6.48. The van der Waals surface area contributed by atoms with Crippen LogP contribution >= 0.6 is 0 Å². The van der Waals surface area contributed by atoms with Crippen molar-refractivity contribution >= 4 is 18.9 Å². The minimum atomic E-state index is -0.629. The first-order valence-electron chi connectivity index (χ1n) is 6.87. The van der Waals surface area contributed by atoms with E-state index in [2.05, 4.69) is 10.8 Å². The van der Waals surface area contributed by atoms with Gasteiger partial charge in [0.25, 0.3) is 0 Å². The maximum atomic E-state index is 11.6. The van der Waals surface area contributed by atoms with Gasteiger partial charge in [0.1, 0.15) is 0 Å². The van der Waals surface area contributed by atoms with Gasteiger partial charge >= 0.3 is 13.5 Å². The number of carbonyl (C=O) groups is 1. The molecule has 0 spiro atoms. The molecule has 0 aliphatic heterocycles. The lowest BCUT2D eigenvalue weighted by molar-refractivity contribution is -0.114. The summed E-state index contributed by atoms with van der Waals surface area (Å²) in [4.78, 5) is 11.6. The number of hydrogen-bond acceptors (Lipinski definition) is 5. The van der Waals surface area contributed by atoms with Gasteiger partial charge in [0.05, 0.1) is 29.9 Å². The van der Waals surface area contributed by atoms with Gasteiger partial charge in [-0.05, 0) is 51.4 Å². The van der Waals surface area contributed by atoms with E-state index < -0.39 is 17.2 Å². The lowest BCUT2D eigenvalue weighted by Gasteiger charge is -2.40. The Morgan fingerprint density at radius 2 is 1.82 bits per heavy atom. The minimum Gasteiger partial charge on any atom is -0.465 e. The van der Waals surface area contributed by atoms with Crippen molar-refractivity contribution in [3.8, 4) is 6.07 Å². The van der Waals surface area contributed by atoms with E-state index in [1.54, 1.807) is 25.3 Å². The quantitative estimate of drug-likeness (QED) is 0.592. The van der Waals surface area contributed by atoms with E-state index in [1.165, 1.54) is 14.6 Å². The van der Waals surface area contributed by atoms with E-state index in [0.29, 0.717) is 16.6 Å². The van der Waals surface area contributed by atoms with Crippen LogP contribution in [0.5, 0.6) is 0 Å². The second-order valence-electron chi connectivity index (χ2n) is 5.87. The lowest BCUT2D eigenvalue weighted by atomic mass is 9.79. The van der Waals surface area contributed by atoms with Crippen molar-refractivity contribution in [2.24, 2.45) is 0 Å². The van der Waals surface area contributed by atoms with Gasteiger partial charge in [-0.3, -0.25) is 0 Å². The average Bonchev–Trinajstić information content (AvgIpc) is 2.51. The molecule has 0 N–H and O–H groups in total. The van der Waals surface area contributed by atoms with Crippen LogP contribution in [0.1, 0.15) is 43.6 Å². The predicted molar refractivity (Wildman–Crippen MR) is 84.1 cm³/mol. The molecule has 22 heavy (non-hydrogen) atoms.